The van der Waals surface area contributed by atoms with Crippen molar-refractivity contribution in [1.82, 2.24) is 15.2 Å². The minimum atomic E-state index is -0.366. The molecule has 3 aromatic rings. The van der Waals surface area contributed by atoms with E-state index in [9.17, 15) is 4.79 Å². The number of ether oxygens (including phenoxy) is 1. The third-order valence-electron chi connectivity index (χ3n) is 3.61. The Morgan fingerprint density at radius 3 is 2.54 bits per heavy atom. The third kappa shape index (κ3) is 4.29. The lowest BCUT2D eigenvalue weighted by molar-refractivity contribution is -0.123. The maximum Gasteiger partial charge on any atom is 0.277 e. The SMILES string of the molecule is Cc1c(/C=N\NC(=O)COc2ccccc2)c(Cl)nn1-c1ccccc1. The molecule has 0 radical (unpaired) electrons. The average Bonchev–Trinajstić information content (AvgIpc) is 2.96. The fraction of sp³-hybridized carbons (Fsp3) is 0.105. The zero-order valence-corrected chi connectivity index (χ0v) is 14.8. The maximum atomic E-state index is 11.8. The first-order valence-electron chi connectivity index (χ1n) is 7.95. The van der Waals surface area contributed by atoms with Gasteiger partial charge in [0.15, 0.2) is 11.8 Å². The van der Waals surface area contributed by atoms with Crippen molar-refractivity contribution in [1.29, 1.82) is 0 Å². The minimum absolute atomic E-state index is 0.128. The highest BCUT2D eigenvalue weighted by atomic mass is 35.5. The first-order chi connectivity index (χ1) is 12.6. The molecule has 1 amide bonds. The van der Waals surface area contributed by atoms with Crippen molar-refractivity contribution in [2.24, 2.45) is 5.10 Å². The summed E-state index contributed by atoms with van der Waals surface area (Å²) in [6, 6.07) is 18.7. The summed E-state index contributed by atoms with van der Waals surface area (Å²) in [6.45, 7) is 1.75. The molecular weight excluding hydrogens is 352 g/mol. The Labute approximate surface area is 156 Å². The number of halogens is 1. The van der Waals surface area contributed by atoms with E-state index in [0.29, 0.717) is 16.5 Å². The zero-order valence-electron chi connectivity index (χ0n) is 14.1. The van der Waals surface area contributed by atoms with E-state index >= 15 is 0 Å². The van der Waals surface area contributed by atoms with E-state index in [2.05, 4.69) is 15.6 Å². The number of rotatable bonds is 6. The van der Waals surface area contributed by atoms with Gasteiger partial charge in [-0.1, -0.05) is 48.0 Å². The minimum Gasteiger partial charge on any atom is -0.484 e. The molecule has 0 unspecified atom stereocenters. The number of nitrogens with one attached hydrogen (secondary N) is 1. The number of carbonyl (C=O) groups excluding carboxylic acids is 1. The fourth-order valence-corrected chi connectivity index (χ4v) is 2.58. The molecule has 0 bridgehead atoms. The van der Waals surface area contributed by atoms with Gasteiger partial charge in [0.05, 0.1) is 23.2 Å². The van der Waals surface area contributed by atoms with Gasteiger partial charge in [0.1, 0.15) is 5.75 Å². The Morgan fingerprint density at radius 1 is 1.19 bits per heavy atom. The molecule has 1 heterocycles. The molecule has 1 N–H and O–H groups in total. The van der Waals surface area contributed by atoms with Crippen LogP contribution in [0.15, 0.2) is 65.8 Å². The molecule has 0 atom stereocenters. The van der Waals surface area contributed by atoms with Crippen LogP contribution < -0.4 is 10.2 Å². The van der Waals surface area contributed by atoms with Gasteiger partial charge in [-0.3, -0.25) is 4.79 Å². The molecule has 26 heavy (non-hydrogen) atoms. The Morgan fingerprint density at radius 2 is 1.85 bits per heavy atom. The van der Waals surface area contributed by atoms with Gasteiger partial charge in [0, 0.05) is 0 Å². The molecule has 6 nitrogen and oxygen atoms in total. The van der Waals surface area contributed by atoms with Gasteiger partial charge in [0.2, 0.25) is 0 Å². The Bertz CT molecular complexity index is 908. The molecule has 0 aliphatic heterocycles. The van der Waals surface area contributed by atoms with Gasteiger partial charge in [-0.2, -0.15) is 10.2 Å². The van der Waals surface area contributed by atoms with E-state index in [1.807, 2.05) is 55.5 Å². The normalized spacial score (nSPS) is 10.8. The summed E-state index contributed by atoms with van der Waals surface area (Å²) >= 11 is 6.20. The second-order valence-electron chi connectivity index (χ2n) is 5.43. The summed E-state index contributed by atoms with van der Waals surface area (Å²) in [4.78, 5) is 11.8. The van der Waals surface area contributed by atoms with E-state index in [1.54, 1.807) is 16.8 Å². The number of para-hydroxylation sites is 2. The molecule has 7 heteroatoms. The molecule has 0 spiro atoms. The standard InChI is InChI=1S/C19H17ClN4O2/c1-14-17(19(20)23-24(14)15-8-4-2-5-9-15)12-21-22-18(25)13-26-16-10-6-3-7-11-16/h2-12H,13H2,1H3,(H,22,25)/b21-12-. The summed E-state index contributed by atoms with van der Waals surface area (Å²) in [7, 11) is 0. The Balaban J connectivity index is 1.62. The highest BCUT2D eigenvalue weighted by Crippen LogP contribution is 2.20. The van der Waals surface area contributed by atoms with Gasteiger partial charge in [0.25, 0.3) is 5.91 Å². The molecule has 132 valence electrons. The van der Waals surface area contributed by atoms with Gasteiger partial charge < -0.3 is 4.74 Å². The van der Waals surface area contributed by atoms with Gasteiger partial charge in [-0.25, -0.2) is 10.1 Å². The quantitative estimate of drug-likeness (QED) is 0.535. The first kappa shape index (κ1) is 17.7. The summed E-state index contributed by atoms with van der Waals surface area (Å²) in [6.07, 6.45) is 1.48. The van der Waals surface area contributed by atoms with Crippen LogP contribution in [0.25, 0.3) is 5.69 Å². The van der Waals surface area contributed by atoms with Crippen molar-refractivity contribution >= 4 is 23.7 Å². The van der Waals surface area contributed by atoms with Crippen LogP contribution in [0.1, 0.15) is 11.3 Å². The highest BCUT2D eigenvalue weighted by molar-refractivity contribution is 6.32. The van der Waals surface area contributed by atoms with Crippen molar-refractivity contribution in [3.63, 3.8) is 0 Å². The number of aromatic nitrogens is 2. The predicted molar refractivity (Wildman–Crippen MR) is 101 cm³/mol. The average molecular weight is 369 g/mol. The molecule has 0 saturated heterocycles. The van der Waals surface area contributed by atoms with Crippen LogP contribution in [-0.2, 0) is 4.79 Å². The van der Waals surface area contributed by atoms with E-state index in [0.717, 1.165) is 11.4 Å². The van der Waals surface area contributed by atoms with Crippen LogP contribution >= 0.6 is 11.6 Å². The molecule has 0 aliphatic carbocycles. The van der Waals surface area contributed by atoms with E-state index in [1.165, 1.54) is 6.21 Å². The lowest BCUT2D eigenvalue weighted by Gasteiger charge is -2.04. The Kier molecular flexibility index (Phi) is 5.66. The van der Waals surface area contributed by atoms with Crippen LogP contribution in [0, 0.1) is 6.92 Å². The van der Waals surface area contributed by atoms with Crippen molar-refractivity contribution in [3.05, 3.63) is 77.1 Å². The predicted octanol–water partition coefficient (Wildman–Crippen LogP) is 3.36. The summed E-state index contributed by atoms with van der Waals surface area (Å²) < 4.78 is 7.08. The number of hydrogen-bond acceptors (Lipinski definition) is 4. The monoisotopic (exact) mass is 368 g/mol. The molecule has 3 rings (SSSR count). The van der Waals surface area contributed by atoms with E-state index < -0.39 is 0 Å². The van der Waals surface area contributed by atoms with Crippen LogP contribution in [0.4, 0.5) is 0 Å². The highest BCUT2D eigenvalue weighted by Gasteiger charge is 2.12. The second-order valence-corrected chi connectivity index (χ2v) is 5.79. The first-order valence-corrected chi connectivity index (χ1v) is 8.33. The molecule has 0 fully saturated rings. The lowest BCUT2D eigenvalue weighted by Crippen LogP contribution is -2.24. The topological polar surface area (TPSA) is 68.5 Å². The van der Waals surface area contributed by atoms with Gasteiger partial charge in [-0.15, -0.1) is 0 Å². The van der Waals surface area contributed by atoms with Crippen molar-refractivity contribution < 1.29 is 9.53 Å². The van der Waals surface area contributed by atoms with Crippen molar-refractivity contribution in [2.75, 3.05) is 6.61 Å². The number of hydrogen-bond donors (Lipinski definition) is 1. The number of benzene rings is 2. The van der Waals surface area contributed by atoms with Crippen LogP contribution in [-0.4, -0.2) is 28.5 Å². The summed E-state index contributed by atoms with van der Waals surface area (Å²) in [5.41, 5.74) is 4.77. The maximum absolute atomic E-state index is 11.8. The molecule has 2 aromatic carbocycles. The lowest BCUT2D eigenvalue weighted by atomic mass is 10.2. The second kappa shape index (κ2) is 8.31. The number of amides is 1. The van der Waals surface area contributed by atoms with Gasteiger partial charge >= 0.3 is 0 Å². The fourth-order valence-electron chi connectivity index (χ4n) is 2.31. The molecule has 1 aromatic heterocycles. The zero-order chi connectivity index (χ0) is 18.4. The molecule has 0 saturated carbocycles. The van der Waals surface area contributed by atoms with Crippen LogP contribution in [0.2, 0.25) is 5.15 Å². The van der Waals surface area contributed by atoms with Crippen LogP contribution in [0.3, 0.4) is 0 Å². The Hall–Kier alpha value is -3.12. The number of hydrazone groups is 1. The van der Waals surface area contributed by atoms with E-state index in [4.69, 9.17) is 16.3 Å². The van der Waals surface area contributed by atoms with Crippen molar-refractivity contribution in [2.45, 2.75) is 6.92 Å². The summed E-state index contributed by atoms with van der Waals surface area (Å²) in [5.74, 6) is 0.254. The smallest absolute Gasteiger partial charge is 0.277 e. The van der Waals surface area contributed by atoms with Gasteiger partial charge in [-0.05, 0) is 31.2 Å². The number of nitrogens with zero attached hydrogens (tertiary/aromatic N) is 3. The molecular formula is C19H17ClN4O2. The largest absolute Gasteiger partial charge is 0.484 e. The van der Waals surface area contributed by atoms with Crippen molar-refractivity contribution in [3.8, 4) is 11.4 Å². The number of carbonyl (C=O) groups is 1. The summed E-state index contributed by atoms with van der Waals surface area (Å²) in [5, 5.41) is 8.56. The van der Waals surface area contributed by atoms with Crippen LogP contribution in [0.5, 0.6) is 5.75 Å². The third-order valence-corrected chi connectivity index (χ3v) is 3.89. The van der Waals surface area contributed by atoms with E-state index in [-0.39, 0.29) is 12.5 Å². The molecule has 0 aliphatic rings.